The Morgan fingerprint density at radius 3 is 2.69 bits per heavy atom. The Hall–Kier alpha value is -3.62. The number of nitrogens with zero attached hydrogens (tertiary/aromatic N) is 3. The van der Waals surface area contributed by atoms with E-state index < -0.39 is 17.5 Å². The van der Waals surface area contributed by atoms with E-state index in [4.69, 9.17) is 5.73 Å². The number of amidine groups is 1. The van der Waals surface area contributed by atoms with Crippen LogP contribution in [0.1, 0.15) is 11.1 Å². The summed E-state index contributed by atoms with van der Waals surface area (Å²) in [5, 5.41) is 9.60. The molecule has 0 unspecified atom stereocenters. The Morgan fingerprint density at radius 1 is 1.19 bits per heavy atom. The third kappa shape index (κ3) is 2.69. The largest absolute Gasteiger partial charge is 0.369 e. The quantitative estimate of drug-likeness (QED) is 0.670. The number of amides is 1. The van der Waals surface area contributed by atoms with Crippen LogP contribution in [0, 0.1) is 11.6 Å². The molecule has 3 heterocycles. The molecule has 4 rings (SSSR count). The zero-order chi connectivity index (χ0) is 18.3. The van der Waals surface area contributed by atoms with Gasteiger partial charge in [-0.3, -0.25) is 9.89 Å². The second-order valence-corrected chi connectivity index (χ2v) is 5.70. The highest BCUT2D eigenvalue weighted by Gasteiger charge is 2.23. The lowest BCUT2D eigenvalue weighted by Crippen LogP contribution is -2.18. The number of primary amides is 1. The van der Waals surface area contributed by atoms with Crippen LogP contribution in [0.15, 0.2) is 41.7 Å². The van der Waals surface area contributed by atoms with Crippen molar-refractivity contribution in [2.45, 2.75) is 6.42 Å². The highest BCUT2D eigenvalue weighted by molar-refractivity contribution is 6.12. The van der Waals surface area contributed by atoms with Gasteiger partial charge in [-0.25, -0.2) is 18.8 Å². The van der Waals surface area contributed by atoms with Gasteiger partial charge in [0.1, 0.15) is 29.0 Å². The van der Waals surface area contributed by atoms with Crippen molar-refractivity contribution in [3.05, 3.63) is 59.4 Å². The molecule has 2 aromatic heterocycles. The van der Waals surface area contributed by atoms with E-state index in [2.05, 4.69) is 25.5 Å². The topological polar surface area (TPSA) is 109 Å². The second-order valence-electron chi connectivity index (χ2n) is 5.70. The lowest BCUT2D eigenvalue weighted by atomic mass is 10.1. The van der Waals surface area contributed by atoms with Crippen LogP contribution < -0.4 is 11.1 Å². The number of carbonyl (C=O) groups excluding carboxylic acids is 1. The first-order chi connectivity index (χ1) is 12.5. The number of fused-ring (bicyclic) bond motifs is 3. The van der Waals surface area contributed by atoms with Gasteiger partial charge in [0.25, 0.3) is 0 Å². The lowest BCUT2D eigenvalue weighted by Gasteiger charge is -2.12. The molecular formula is C17H12F2N6O. The van der Waals surface area contributed by atoms with E-state index in [-0.39, 0.29) is 17.8 Å². The predicted molar refractivity (Wildman–Crippen MR) is 90.9 cm³/mol. The maximum Gasteiger partial charge on any atom is 0.221 e. The molecule has 3 aromatic rings. The summed E-state index contributed by atoms with van der Waals surface area (Å²) in [5.74, 6) is -1.71. The number of hydrogen-bond acceptors (Lipinski definition) is 5. The number of halogens is 2. The predicted octanol–water partition coefficient (Wildman–Crippen LogP) is 2.28. The molecule has 0 saturated carbocycles. The van der Waals surface area contributed by atoms with Crippen LogP contribution in [-0.2, 0) is 11.2 Å². The van der Waals surface area contributed by atoms with Crippen molar-refractivity contribution < 1.29 is 13.6 Å². The first-order valence-electron chi connectivity index (χ1n) is 7.64. The number of benzene rings is 1. The summed E-state index contributed by atoms with van der Waals surface area (Å²) in [6, 6.07) is 5.27. The van der Waals surface area contributed by atoms with Crippen LogP contribution in [0.2, 0.25) is 0 Å². The van der Waals surface area contributed by atoms with Crippen LogP contribution in [0.3, 0.4) is 0 Å². The Morgan fingerprint density at radius 2 is 1.96 bits per heavy atom. The third-order valence-corrected chi connectivity index (χ3v) is 3.88. The smallest absolute Gasteiger partial charge is 0.221 e. The van der Waals surface area contributed by atoms with Gasteiger partial charge in [0.15, 0.2) is 0 Å². The van der Waals surface area contributed by atoms with E-state index in [0.717, 1.165) is 12.1 Å². The maximum atomic E-state index is 14.2. The fourth-order valence-corrected chi connectivity index (χ4v) is 2.76. The van der Waals surface area contributed by atoms with Crippen LogP contribution >= 0.6 is 0 Å². The Labute approximate surface area is 146 Å². The Kier molecular flexibility index (Phi) is 3.68. The van der Waals surface area contributed by atoms with Gasteiger partial charge < -0.3 is 11.1 Å². The number of nitrogens with two attached hydrogens (primary N) is 1. The average Bonchev–Trinajstić information content (AvgIpc) is 2.98. The molecule has 0 fully saturated rings. The summed E-state index contributed by atoms with van der Waals surface area (Å²) in [7, 11) is 0. The van der Waals surface area contributed by atoms with E-state index in [1.165, 1.54) is 18.5 Å². The molecule has 0 spiro atoms. The molecule has 9 heteroatoms. The zero-order valence-electron chi connectivity index (χ0n) is 13.3. The van der Waals surface area contributed by atoms with E-state index in [1.807, 2.05) is 0 Å². The number of carbonyl (C=O) groups is 1. The Balaban J connectivity index is 1.88. The molecule has 1 aromatic carbocycles. The molecule has 1 aliphatic rings. The molecule has 0 aliphatic carbocycles. The highest BCUT2D eigenvalue weighted by atomic mass is 19.1. The first kappa shape index (κ1) is 15.9. The van der Waals surface area contributed by atoms with E-state index >= 15 is 0 Å². The van der Waals surface area contributed by atoms with Crippen molar-refractivity contribution in [3.63, 3.8) is 0 Å². The minimum absolute atomic E-state index is 0.0133. The van der Waals surface area contributed by atoms with Crippen LogP contribution in [0.25, 0.3) is 11.3 Å². The molecule has 1 amide bonds. The van der Waals surface area contributed by atoms with Crippen LogP contribution in [0.5, 0.6) is 0 Å². The number of hydrogen-bond donors (Lipinski definition) is 3. The molecule has 26 heavy (non-hydrogen) atoms. The molecule has 7 nitrogen and oxygen atoms in total. The minimum atomic E-state index is -0.755. The zero-order valence-corrected chi connectivity index (χ0v) is 13.3. The number of aliphatic imine (C=N–C) groups is 1. The fraction of sp³-hybridized carbons (Fsp3) is 0.0588. The van der Waals surface area contributed by atoms with E-state index in [9.17, 15) is 13.6 Å². The summed E-state index contributed by atoms with van der Waals surface area (Å²) < 4.78 is 28.4. The molecule has 4 N–H and O–H groups in total. The van der Waals surface area contributed by atoms with Gasteiger partial charge in [-0.15, -0.1) is 0 Å². The van der Waals surface area contributed by atoms with Crippen molar-refractivity contribution in [2.24, 2.45) is 10.7 Å². The summed E-state index contributed by atoms with van der Waals surface area (Å²) in [6.45, 7) is 0. The van der Waals surface area contributed by atoms with Crippen molar-refractivity contribution in [1.29, 1.82) is 0 Å². The van der Waals surface area contributed by atoms with Gasteiger partial charge in [0, 0.05) is 11.8 Å². The van der Waals surface area contributed by atoms with Crippen molar-refractivity contribution in [2.75, 3.05) is 5.32 Å². The van der Waals surface area contributed by atoms with E-state index in [0.29, 0.717) is 28.3 Å². The summed E-state index contributed by atoms with van der Waals surface area (Å²) >= 11 is 0. The van der Waals surface area contributed by atoms with Gasteiger partial charge >= 0.3 is 0 Å². The number of aromatic nitrogens is 3. The molecular weight excluding hydrogens is 342 g/mol. The second kappa shape index (κ2) is 6.03. The van der Waals surface area contributed by atoms with Crippen LogP contribution in [0.4, 0.5) is 20.3 Å². The molecule has 130 valence electrons. The highest BCUT2D eigenvalue weighted by Crippen LogP contribution is 2.36. The fourth-order valence-electron chi connectivity index (χ4n) is 2.76. The van der Waals surface area contributed by atoms with Crippen molar-refractivity contribution in [1.82, 2.24) is 15.2 Å². The molecule has 0 radical (unpaired) electrons. The maximum absolute atomic E-state index is 14.2. The van der Waals surface area contributed by atoms with Gasteiger partial charge in [-0.2, -0.15) is 5.10 Å². The van der Waals surface area contributed by atoms with Gasteiger partial charge in [0.05, 0.1) is 23.9 Å². The number of pyridine rings is 1. The minimum Gasteiger partial charge on any atom is -0.369 e. The number of rotatable bonds is 3. The monoisotopic (exact) mass is 354 g/mol. The number of H-pyrrole nitrogens is 1. The van der Waals surface area contributed by atoms with Gasteiger partial charge in [-0.1, -0.05) is 6.07 Å². The lowest BCUT2D eigenvalue weighted by molar-refractivity contribution is -0.117. The van der Waals surface area contributed by atoms with Crippen molar-refractivity contribution in [3.8, 4) is 11.3 Å². The third-order valence-electron chi connectivity index (χ3n) is 3.88. The number of aromatic amines is 1. The number of nitrogens with one attached hydrogen (secondary N) is 2. The van der Waals surface area contributed by atoms with E-state index in [1.54, 1.807) is 6.07 Å². The molecule has 0 atom stereocenters. The van der Waals surface area contributed by atoms with Crippen LogP contribution in [-0.4, -0.2) is 26.9 Å². The molecule has 0 bridgehead atoms. The molecule has 0 saturated heterocycles. The normalized spacial score (nSPS) is 12.5. The summed E-state index contributed by atoms with van der Waals surface area (Å²) in [6.07, 6.45) is 2.91. The van der Waals surface area contributed by atoms with Gasteiger partial charge in [0.2, 0.25) is 5.91 Å². The summed E-state index contributed by atoms with van der Waals surface area (Å²) in [5.41, 5.74) is 6.98. The first-order valence-corrected chi connectivity index (χ1v) is 7.64. The Bertz CT molecular complexity index is 1040. The number of anilines is 1. The van der Waals surface area contributed by atoms with Crippen molar-refractivity contribution >= 4 is 23.2 Å². The van der Waals surface area contributed by atoms with Gasteiger partial charge in [-0.05, 0) is 23.8 Å². The SMILES string of the molecule is NC(=O)Cc1cnc2c(c1)-c1[nH]ncc1N=C(c1c(F)cccc1F)N2. The standard InChI is InChI=1S/C17H12F2N6O/c18-10-2-1-3-11(19)14(10)17-23-12-7-22-25-15(12)9-4-8(5-13(20)26)6-21-16(9)24-17/h1-4,6-7H,5H2,(H2,20,26)(H,22,25)(H,21,23,24). The molecule has 1 aliphatic heterocycles. The average molecular weight is 354 g/mol. The summed E-state index contributed by atoms with van der Waals surface area (Å²) in [4.78, 5) is 19.7.